The number of benzene rings is 2. The zero-order chi connectivity index (χ0) is 13.0. The summed E-state index contributed by atoms with van der Waals surface area (Å²) in [6.45, 7) is 0. The summed E-state index contributed by atoms with van der Waals surface area (Å²) >= 11 is -3.27. The molecule has 2 aromatic carbocycles. The first-order chi connectivity index (χ1) is 9.22. The number of carbonyl (C=O) groups excluding carboxylic acids is 2. The number of rotatable bonds is 0. The average Bonchev–Trinajstić information content (AvgIpc) is 2.88. The van der Waals surface area contributed by atoms with Crippen molar-refractivity contribution in [2.45, 2.75) is 0 Å². The van der Waals surface area contributed by atoms with Crippen molar-refractivity contribution in [2.75, 3.05) is 0 Å². The summed E-state index contributed by atoms with van der Waals surface area (Å²) in [6, 6.07) is 15.1. The fourth-order valence-corrected chi connectivity index (χ4v) is 11.3. The number of carbonyl (C=O) groups is 2. The average molecular weight is 366 g/mol. The Morgan fingerprint density at radius 1 is 0.684 bits per heavy atom. The second kappa shape index (κ2) is 3.60. The van der Waals surface area contributed by atoms with Crippen LogP contribution in [0, 0.1) is 0 Å². The molecule has 2 aliphatic heterocycles. The fourth-order valence-electron chi connectivity index (χ4n) is 2.59. The van der Waals surface area contributed by atoms with E-state index in [0.29, 0.717) is 11.1 Å². The molecule has 0 aromatic heterocycles. The molecule has 94 valence electrons. The SMILES string of the molecule is O=C1N[Te]2(NC(=O)c3ccccc32)c2ccccc21. The van der Waals surface area contributed by atoms with E-state index in [1.807, 2.05) is 48.5 Å². The Bertz CT molecular complexity index is 678. The van der Waals surface area contributed by atoms with Gasteiger partial charge in [-0.3, -0.25) is 0 Å². The zero-order valence-corrected chi connectivity index (χ0v) is 12.2. The molecule has 4 rings (SSSR count). The quantitative estimate of drug-likeness (QED) is 0.631. The van der Waals surface area contributed by atoms with Crippen molar-refractivity contribution >= 4 is 37.8 Å². The molecule has 2 aliphatic rings. The standard InChI is InChI=1S/C14H10N2O2Te/c17-13-9-5-1-3-7-11(9)19(15-13)12-8-4-2-6-10(12)14(18)16-19/h1-8H,(H,15,17)(H,16,18). The molecule has 0 radical (unpaired) electrons. The molecule has 0 saturated carbocycles. The van der Waals surface area contributed by atoms with Crippen LogP contribution in [0.1, 0.15) is 20.7 Å². The molecule has 0 fully saturated rings. The van der Waals surface area contributed by atoms with Gasteiger partial charge < -0.3 is 0 Å². The first kappa shape index (κ1) is 11.0. The fraction of sp³-hybridized carbons (Fsp3) is 0. The van der Waals surface area contributed by atoms with Crippen molar-refractivity contribution in [2.24, 2.45) is 0 Å². The molecule has 0 atom stereocenters. The summed E-state index contributed by atoms with van der Waals surface area (Å²) in [5.74, 6) is -0.150. The monoisotopic (exact) mass is 368 g/mol. The van der Waals surface area contributed by atoms with E-state index in [4.69, 9.17) is 0 Å². The topological polar surface area (TPSA) is 58.2 Å². The van der Waals surface area contributed by atoms with Crippen LogP contribution in [0.5, 0.6) is 0 Å². The van der Waals surface area contributed by atoms with Crippen LogP contribution in [0.25, 0.3) is 0 Å². The van der Waals surface area contributed by atoms with Crippen molar-refractivity contribution in [1.82, 2.24) is 7.13 Å². The summed E-state index contributed by atoms with van der Waals surface area (Å²) in [4.78, 5) is 24.3. The van der Waals surface area contributed by atoms with Crippen LogP contribution < -0.4 is 14.4 Å². The minimum atomic E-state index is -3.27. The summed E-state index contributed by atoms with van der Waals surface area (Å²) in [6.07, 6.45) is 0. The Hall–Kier alpha value is -1.83. The van der Waals surface area contributed by atoms with E-state index in [-0.39, 0.29) is 11.8 Å². The first-order valence-corrected chi connectivity index (χ1v) is 10.5. The first-order valence-electron chi connectivity index (χ1n) is 5.88. The van der Waals surface area contributed by atoms with Gasteiger partial charge in [0.05, 0.1) is 0 Å². The molecule has 4 nitrogen and oxygen atoms in total. The normalized spacial score (nSPS) is 19.6. The predicted octanol–water partition coefficient (Wildman–Crippen LogP) is -0.270. The van der Waals surface area contributed by atoms with Gasteiger partial charge in [-0.15, -0.1) is 0 Å². The molecule has 0 bridgehead atoms. The van der Waals surface area contributed by atoms with Crippen molar-refractivity contribution in [3.8, 4) is 0 Å². The molecule has 1 spiro atoms. The van der Waals surface area contributed by atoms with Gasteiger partial charge in [-0.25, -0.2) is 0 Å². The van der Waals surface area contributed by atoms with Gasteiger partial charge in [-0.2, -0.15) is 0 Å². The molecular formula is C14H10N2O2Te. The van der Waals surface area contributed by atoms with E-state index < -0.39 is 18.7 Å². The number of hydrogen-bond acceptors (Lipinski definition) is 2. The zero-order valence-electron chi connectivity index (χ0n) is 9.84. The molecule has 5 heteroatoms. The summed E-state index contributed by atoms with van der Waals surface area (Å²) < 4.78 is 8.19. The molecule has 2 aromatic rings. The van der Waals surface area contributed by atoms with E-state index in [0.717, 1.165) is 7.22 Å². The van der Waals surface area contributed by atoms with E-state index in [9.17, 15) is 9.59 Å². The summed E-state index contributed by atoms with van der Waals surface area (Å²) in [7, 11) is 0. The number of amides is 2. The van der Waals surface area contributed by atoms with Gasteiger partial charge in [-0.1, -0.05) is 0 Å². The Morgan fingerprint density at radius 2 is 1.11 bits per heavy atom. The van der Waals surface area contributed by atoms with Crippen LogP contribution in [0.2, 0.25) is 0 Å². The summed E-state index contributed by atoms with van der Waals surface area (Å²) in [5.41, 5.74) is 1.39. The summed E-state index contributed by atoms with van der Waals surface area (Å²) in [5, 5.41) is 0. The van der Waals surface area contributed by atoms with Crippen LogP contribution in [0.15, 0.2) is 48.5 Å². The minimum absolute atomic E-state index is 0.0752. The molecule has 19 heavy (non-hydrogen) atoms. The maximum absolute atomic E-state index is 12.1. The van der Waals surface area contributed by atoms with Crippen LogP contribution in [0.3, 0.4) is 0 Å². The number of nitrogens with one attached hydrogen (secondary N) is 2. The predicted molar refractivity (Wildman–Crippen MR) is 72.8 cm³/mol. The molecule has 0 aliphatic carbocycles. The third-order valence-electron chi connectivity index (χ3n) is 3.41. The van der Waals surface area contributed by atoms with Crippen molar-refractivity contribution < 1.29 is 9.59 Å². The molecule has 2 heterocycles. The number of fused-ring (bicyclic) bond motifs is 4. The Kier molecular flexibility index (Phi) is 2.09. The van der Waals surface area contributed by atoms with E-state index >= 15 is 0 Å². The van der Waals surface area contributed by atoms with Crippen LogP contribution in [-0.4, -0.2) is 30.5 Å². The Labute approximate surface area is 114 Å². The number of hydrogen-bond donors (Lipinski definition) is 2. The van der Waals surface area contributed by atoms with Gasteiger partial charge in [0.2, 0.25) is 0 Å². The molecule has 0 unspecified atom stereocenters. The van der Waals surface area contributed by atoms with E-state index in [1.54, 1.807) is 0 Å². The van der Waals surface area contributed by atoms with Crippen LogP contribution >= 0.6 is 0 Å². The molecule has 2 N–H and O–H groups in total. The second-order valence-electron chi connectivity index (χ2n) is 4.47. The van der Waals surface area contributed by atoms with Crippen LogP contribution in [-0.2, 0) is 0 Å². The van der Waals surface area contributed by atoms with Gasteiger partial charge in [0.15, 0.2) is 0 Å². The van der Waals surface area contributed by atoms with Gasteiger partial charge in [-0.05, 0) is 0 Å². The van der Waals surface area contributed by atoms with E-state index in [2.05, 4.69) is 7.13 Å². The second-order valence-corrected chi connectivity index (χ2v) is 11.6. The van der Waals surface area contributed by atoms with E-state index in [1.165, 1.54) is 0 Å². The third-order valence-corrected chi connectivity index (χ3v) is 12.0. The van der Waals surface area contributed by atoms with Crippen molar-refractivity contribution in [3.05, 3.63) is 59.7 Å². The van der Waals surface area contributed by atoms with Gasteiger partial charge in [0.1, 0.15) is 0 Å². The van der Waals surface area contributed by atoms with Crippen LogP contribution in [0.4, 0.5) is 0 Å². The van der Waals surface area contributed by atoms with Gasteiger partial charge >= 0.3 is 114 Å². The van der Waals surface area contributed by atoms with Gasteiger partial charge in [0.25, 0.3) is 0 Å². The molecule has 0 saturated heterocycles. The molecular weight excluding hydrogens is 356 g/mol. The Morgan fingerprint density at radius 3 is 1.58 bits per heavy atom. The maximum atomic E-state index is 12.1. The Balaban J connectivity index is 2.05. The molecule has 2 amide bonds. The van der Waals surface area contributed by atoms with Crippen molar-refractivity contribution in [3.63, 3.8) is 0 Å². The van der Waals surface area contributed by atoms with Gasteiger partial charge in [0, 0.05) is 0 Å². The third kappa shape index (κ3) is 1.29. The van der Waals surface area contributed by atoms with Crippen molar-refractivity contribution in [1.29, 1.82) is 0 Å².